The van der Waals surface area contributed by atoms with Crippen molar-refractivity contribution in [1.29, 1.82) is 0 Å². The van der Waals surface area contributed by atoms with E-state index in [-0.39, 0.29) is 7.25 Å². The number of hydrogen-bond acceptors (Lipinski definition) is 0. The van der Waals surface area contributed by atoms with Gasteiger partial charge in [0.2, 0.25) is 0 Å². The Balaban J connectivity index is 1.57. The van der Waals surface area contributed by atoms with Gasteiger partial charge >= 0.3 is 292 Å². The number of allylic oxidation sites excluding steroid dienone is 2. The Labute approximate surface area is 288 Å². The molecule has 2 aromatic carbocycles. The van der Waals surface area contributed by atoms with Crippen LogP contribution in [0.25, 0.3) is 12.2 Å². The monoisotopic (exact) mass is 832 g/mol. The number of fused-ring (bicyclic) bond motifs is 2. The maximum absolute atomic E-state index is 7.64. The Morgan fingerprint density at radius 1 is 0.558 bits per heavy atom. The summed E-state index contributed by atoms with van der Waals surface area (Å²) in [4.78, 5) is 0. The van der Waals surface area contributed by atoms with Crippen LogP contribution in [0.1, 0.15) is 109 Å². The van der Waals surface area contributed by atoms with Crippen molar-refractivity contribution in [3.63, 3.8) is 0 Å². The summed E-state index contributed by atoms with van der Waals surface area (Å²) in [6, 6.07) is 13.7. The van der Waals surface area contributed by atoms with Crippen LogP contribution in [0, 0.1) is 23.7 Å². The summed E-state index contributed by atoms with van der Waals surface area (Å²) in [5.41, 5.74) is 11.5. The molecule has 7 heteroatoms. The van der Waals surface area contributed by atoms with Crippen LogP contribution in [0.15, 0.2) is 47.5 Å². The Morgan fingerprint density at radius 3 is 1.23 bits per heavy atom. The summed E-state index contributed by atoms with van der Waals surface area (Å²) >= 11 is -7.16. The molecular weight excluding hydrogens is 785 g/mol. The molecule has 0 aliphatic heterocycles. The fourth-order valence-electron chi connectivity index (χ4n) is 7.44. The number of halogens is 4. The predicted octanol–water partition coefficient (Wildman–Crippen LogP) is 12.6. The molecule has 0 spiro atoms. The fourth-order valence-corrected chi connectivity index (χ4v) is 52.1. The Morgan fingerprint density at radius 2 is 0.907 bits per heavy atom. The summed E-state index contributed by atoms with van der Waals surface area (Å²) in [6.45, 7) is 18.4. The van der Waals surface area contributed by atoms with Gasteiger partial charge in [-0.3, -0.25) is 0 Å². The van der Waals surface area contributed by atoms with Crippen LogP contribution in [0.4, 0.5) is 0 Å². The molecule has 2 aliphatic rings. The molecule has 2 aliphatic carbocycles. The molecule has 0 fully saturated rings. The maximum atomic E-state index is 7.64. The summed E-state index contributed by atoms with van der Waals surface area (Å²) in [7, 11) is 29.9. The molecule has 0 N–H and O–H groups in total. The first-order valence-electron chi connectivity index (χ1n) is 16.5. The van der Waals surface area contributed by atoms with Gasteiger partial charge in [0.05, 0.1) is 0 Å². The quantitative estimate of drug-likeness (QED) is 0.166. The molecule has 2 aromatic rings. The first-order chi connectivity index (χ1) is 20.1. The first-order valence-corrected chi connectivity index (χ1v) is 37.5. The third-order valence-electron chi connectivity index (χ3n) is 8.89. The minimum atomic E-state index is -3.58. The van der Waals surface area contributed by atoms with Crippen molar-refractivity contribution in [2.45, 2.75) is 95.8 Å². The summed E-state index contributed by atoms with van der Waals surface area (Å²) < 4.78 is 2.54. The van der Waals surface area contributed by atoms with Crippen molar-refractivity contribution in [3.8, 4) is 0 Å². The van der Waals surface area contributed by atoms with E-state index in [0.717, 1.165) is 33.2 Å². The molecule has 43 heavy (non-hydrogen) atoms. The van der Waals surface area contributed by atoms with Crippen LogP contribution in [-0.4, -0.2) is 9.52 Å². The second kappa shape index (κ2) is 15.5. The molecule has 4 rings (SSSR count). The van der Waals surface area contributed by atoms with Gasteiger partial charge in [-0.2, -0.15) is 0 Å². The summed E-state index contributed by atoms with van der Waals surface area (Å²) in [5.74, 6) is 2.39. The average Bonchev–Trinajstić information content (AvgIpc) is 3.42. The second-order valence-corrected chi connectivity index (χ2v) is 52.6. The van der Waals surface area contributed by atoms with E-state index in [1.54, 1.807) is 0 Å². The molecule has 0 bridgehead atoms. The number of hydrogen-bond donors (Lipinski definition) is 0. The van der Waals surface area contributed by atoms with Crippen molar-refractivity contribution < 1.29 is 35.8 Å². The van der Waals surface area contributed by atoms with Gasteiger partial charge in [-0.25, -0.2) is 0 Å². The third-order valence-corrected chi connectivity index (χ3v) is 52.1. The summed E-state index contributed by atoms with van der Waals surface area (Å²) in [6.07, 6.45) is 9.24. The third kappa shape index (κ3) is 9.15. The van der Waals surface area contributed by atoms with Crippen molar-refractivity contribution in [2.24, 2.45) is 23.7 Å². The second-order valence-electron chi connectivity index (χ2n) is 14.9. The van der Waals surface area contributed by atoms with Crippen molar-refractivity contribution >= 4 is 55.7 Å². The molecule has 0 aromatic heterocycles. The van der Waals surface area contributed by atoms with Crippen LogP contribution in [0.5, 0.6) is 0 Å². The van der Waals surface area contributed by atoms with Gasteiger partial charge in [0.25, 0.3) is 0 Å². The van der Waals surface area contributed by atoms with E-state index in [9.17, 15) is 0 Å². The van der Waals surface area contributed by atoms with Gasteiger partial charge in [-0.15, -0.1) is 0 Å². The predicted molar refractivity (Wildman–Crippen MR) is 192 cm³/mol. The Bertz CT molecular complexity index is 1240. The standard InChI is InChI=1S/2C17H23.C2H6Si.4ClH.2Zr/c2*1-12(2)8-14-10-16-7-5-6-15(9-13(3)4)17(16)11-14;1-3-2;;;;;;/h2*5-7,10-13H,8-9H2,1-4H3;1-3H2;4*1H;;/q;;;;;;;2*+2/p-4. The van der Waals surface area contributed by atoms with Crippen molar-refractivity contribution in [3.05, 3.63) is 80.9 Å². The van der Waals surface area contributed by atoms with E-state index in [0.29, 0.717) is 23.7 Å². The molecule has 236 valence electrons. The molecule has 0 heterocycles. The molecule has 0 amide bonds. The van der Waals surface area contributed by atoms with Crippen molar-refractivity contribution in [2.75, 3.05) is 0 Å². The van der Waals surface area contributed by atoms with Crippen LogP contribution in [-0.2, 0) is 48.6 Å². The average molecular weight is 837 g/mol. The van der Waals surface area contributed by atoms with E-state index >= 15 is 0 Å². The number of benzene rings is 2. The number of rotatable bonds is 14. The van der Waals surface area contributed by atoms with E-state index in [2.05, 4.69) is 104 Å². The van der Waals surface area contributed by atoms with Gasteiger partial charge in [0.1, 0.15) is 0 Å². The van der Waals surface area contributed by atoms with Crippen LogP contribution in [0.3, 0.4) is 0 Å². The van der Waals surface area contributed by atoms with Crippen molar-refractivity contribution in [1.82, 2.24) is 0 Å². The van der Waals surface area contributed by atoms with Crippen LogP contribution < -0.4 is 0 Å². The Kier molecular flexibility index (Phi) is 13.3. The van der Waals surface area contributed by atoms with Gasteiger partial charge in [-0.05, 0) is 0 Å². The van der Waals surface area contributed by atoms with E-state index in [4.69, 9.17) is 34.1 Å². The van der Waals surface area contributed by atoms with Gasteiger partial charge in [0.15, 0.2) is 0 Å². The van der Waals surface area contributed by atoms with Crippen LogP contribution >= 0.6 is 34.1 Å². The van der Waals surface area contributed by atoms with Gasteiger partial charge < -0.3 is 0 Å². The Hall–Kier alpha value is 1.06. The van der Waals surface area contributed by atoms with E-state index in [1.807, 2.05) is 0 Å². The van der Waals surface area contributed by atoms with Crippen LogP contribution in [0.2, 0.25) is 7.50 Å². The van der Waals surface area contributed by atoms with Gasteiger partial charge in [-0.1, -0.05) is 0 Å². The fraction of sp³-hybridized carbons (Fsp3) is 0.556. The zero-order valence-corrected chi connectivity index (χ0v) is 36.9. The minimum absolute atomic E-state index is 0.243. The van der Waals surface area contributed by atoms with E-state index in [1.165, 1.54) is 44.5 Å². The molecule has 0 radical (unpaired) electrons. The molecule has 0 nitrogen and oxygen atoms in total. The van der Waals surface area contributed by atoms with Gasteiger partial charge in [0, 0.05) is 0 Å². The molecule has 2 atom stereocenters. The normalized spacial score (nSPS) is 18.9. The molecular formula is C36H52Cl4SiZr2. The van der Waals surface area contributed by atoms with E-state index < -0.39 is 45.3 Å². The SMILES string of the molecule is CC(C)CC1=Cc2c(CC(C)C)cccc2[CH]1[Zr]([Cl])([Cl])[CH2][SiH2][CH2][Zr]([Cl])([Cl])[CH]1C(CC(C)C)=Cc2c(CC(C)C)cccc21. The topological polar surface area (TPSA) is 0 Å². The summed E-state index contributed by atoms with van der Waals surface area (Å²) in [5, 5.41) is 0. The zero-order valence-electron chi connectivity index (χ0n) is 27.5. The first kappa shape index (κ1) is 36.9. The zero-order chi connectivity index (χ0) is 31.7. The molecule has 2 unspecified atom stereocenters. The molecule has 0 saturated heterocycles. The molecule has 0 saturated carbocycles.